The Morgan fingerprint density at radius 3 is 2.63 bits per heavy atom. The molecule has 1 aromatic heterocycles. The Bertz CT molecular complexity index is 1810. The van der Waals surface area contributed by atoms with Crippen molar-refractivity contribution in [1.82, 2.24) is 9.88 Å². The lowest BCUT2D eigenvalue weighted by Gasteiger charge is -2.44. The lowest BCUT2D eigenvalue weighted by molar-refractivity contribution is 0.246. The Balaban J connectivity index is 1.70. The largest absolute Gasteiger partial charge is 0.508 e. The highest BCUT2D eigenvalue weighted by Crippen LogP contribution is 2.48. The summed E-state index contributed by atoms with van der Waals surface area (Å²) in [6.45, 7) is 9.78. The van der Waals surface area contributed by atoms with E-state index in [4.69, 9.17) is 17.3 Å². The molecule has 9 nitrogen and oxygen atoms in total. The highest BCUT2D eigenvalue weighted by Gasteiger charge is 2.37. The fourth-order valence-corrected chi connectivity index (χ4v) is 6.50. The van der Waals surface area contributed by atoms with Gasteiger partial charge in [-0.3, -0.25) is 0 Å². The SMILES string of the molecule is [C-]#[N+]c1c(N2CC(N(C)C)C2)nc(N2C[C@@H](N)C[C@H]2CO)c2cc(CCC#N)c(-c3cc(O)cc4ccccc34)c(F)c12. The Morgan fingerprint density at radius 1 is 1.16 bits per heavy atom. The van der Waals surface area contributed by atoms with Crippen molar-refractivity contribution in [2.24, 2.45) is 5.73 Å². The van der Waals surface area contributed by atoms with Crippen LogP contribution in [0.15, 0.2) is 42.5 Å². The van der Waals surface area contributed by atoms with E-state index >= 15 is 4.39 Å². The second-order valence-corrected chi connectivity index (χ2v) is 11.7. The number of nitriles is 1. The van der Waals surface area contributed by atoms with E-state index in [2.05, 4.69) is 15.8 Å². The number of pyridine rings is 1. The first-order valence-electron chi connectivity index (χ1n) is 14.5. The van der Waals surface area contributed by atoms with Crippen LogP contribution in [0.4, 0.5) is 21.7 Å². The van der Waals surface area contributed by atoms with Crippen LogP contribution in [0.1, 0.15) is 18.4 Å². The van der Waals surface area contributed by atoms with Crippen LogP contribution in [0.2, 0.25) is 0 Å². The summed E-state index contributed by atoms with van der Waals surface area (Å²) in [6, 6.07) is 14.4. The van der Waals surface area contributed by atoms with Crippen LogP contribution < -0.4 is 15.5 Å². The predicted molar refractivity (Wildman–Crippen MR) is 167 cm³/mol. The molecule has 2 aliphatic heterocycles. The highest BCUT2D eigenvalue weighted by atomic mass is 19.1. The molecule has 3 aromatic carbocycles. The number of hydrogen-bond donors (Lipinski definition) is 3. The number of phenols is 1. The topological polar surface area (TPSA) is 117 Å². The first kappa shape index (κ1) is 28.6. The Morgan fingerprint density at radius 2 is 1.93 bits per heavy atom. The summed E-state index contributed by atoms with van der Waals surface area (Å²) in [5.74, 6) is 0.282. The smallest absolute Gasteiger partial charge is 0.239 e. The molecule has 0 bridgehead atoms. The number of aromatic hydroxyl groups is 1. The molecular formula is C33H34FN7O2. The molecule has 3 heterocycles. The second-order valence-electron chi connectivity index (χ2n) is 11.7. The number of aryl methyl sites for hydroxylation is 1. The van der Waals surface area contributed by atoms with Crippen LogP contribution in [-0.4, -0.2) is 78.6 Å². The minimum absolute atomic E-state index is 0.00640. The average molecular weight is 580 g/mol. The standard InChI is InChI=1S/C33H34FN7O2/c1-37-31-29-27(32(41-15-21(36)13-22(41)18-42)38-33(31)40-16-23(17-40)39(2)3)12-20(8-6-10-35)28(30(29)34)26-14-24(43)11-19-7-4-5-9-25(19)26/h4-5,7,9,11-12,14,21-23,42-43H,6,8,13,15-18,36H2,2-3H3/t21-,22-/m0/s1. The summed E-state index contributed by atoms with van der Waals surface area (Å²) in [6.07, 6.45) is 0.971. The van der Waals surface area contributed by atoms with Gasteiger partial charge in [0.05, 0.1) is 25.3 Å². The van der Waals surface area contributed by atoms with Crippen molar-refractivity contribution in [3.8, 4) is 22.9 Å². The summed E-state index contributed by atoms with van der Waals surface area (Å²) in [7, 11) is 4.01. The van der Waals surface area contributed by atoms with E-state index in [1.807, 2.05) is 54.2 Å². The zero-order valence-corrected chi connectivity index (χ0v) is 24.3. The van der Waals surface area contributed by atoms with Crippen molar-refractivity contribution < 1.29 is 14.6 Å². The molecule has 2 atom stereocenters. The third kappa shape index (κ3) is 4.88. The lowest BCUT2D eigenvalue weighted by atomic mass is 9.89. The fraction of sp³-hybridized carbons (Fsp3) is 0.364. The number of aliphatic hydroxyl groups is 1. The summed E-state index contributed by atoms with van der Waals surface area (Å²) in [5.41, 5.74) is 7.78. The predicted octanol–water partition coefficient (Wildman–Crippen LogP) is 4.56. The molecule has 6 rings (SSSR count). The molecule has 10 heteroatoms. The molecule has 4 aromatic rings. The minimum Gasteiger partial charge on any atom is -0.508 e. The van der Waals surface area contributed by atoms with Gasteiger partial charge in [-0.25, -0.2) is 14.2 Å². The zero-order valence-electron chi connectivity index (χ0n) is 24.3. The van der Waals surface area contributed by atoms with Crippen LogP contribution in [-0.2, 0) is 6.42 Å². The maximum atomic E-state index is 17.4. The number of rotatable bonds is 7. The van der Waals surface area contributed by atoms with Crippen LogP contribution >= 0.6 is 0 Å². The van der Waals surface area contributed by atoms with E-state index in [0.29, 0.717) is 54.2 Å². The number of anilines is 2. The average Bonchev–Trinajstić information content (AvgIpc) is 3.34. The molecule has 0 radical (unpaired) electrons. The molecule has 43 heavy (non-hydrogen) atoms. The summed E-state index contributed by atoms with van der Waals surface area (Å²) in [5, 5.41) is 32.5. The first-order chi connectivity index (χ1) is 20.7. The Labute approximate surface area is 250 Å². The molecule has 0 spiro atoms. The van der Waals surface area contributed by atoms with E-state index in [1.54, 1.807) is 12.1 Å². The van der Waals surface area contributed by atoms with Gasteiger partial charge in [0.1, 0.15) is 23.2 Å². The van der Waals surface area contributed by atoms with Crippen molar-refractivity contribution in [1.29, 1.82) is 5.26 Å². The lowest BCUT2D eigenvalue weighted by Crippen LogP contribution is -2.57. The van der Waals surface area contributed by atoms with Gasteiger partial charge in [-0.1, -0.05) is 24.3 Å². The van der Waals surface area contributed by atoms with Crippen LogP contribution in [0, 0.1) is 23.7 Å². The van der Waals surface area contributed by atoms with Crippen molar-refractivity contribution in [3.63, 3.8) is 0 Å². The maximum absolute atomic E-state index is 17.4. The molecule has 2 saturated heterocycles. The number of benzene rings is 3. The normalized spacial score (nSPS) is 18.8. The van der Waals surface area contributed by atoms with Gasteiger partial charge in [0, 0.05) is 54.5 Å². The van der Waals surface area contributed by atoms with Gasteiger partial charge in [-0.15, -0.1) is 0 Å². The molecule has 0 aliphatic carbocycles. The third-order valence-electron chi connectivity index (χ3n) is 8.80. The number of likely N-dealkylation sites (N-methyl/N-ethyl adjacent to an activating group) is 1. The van der Waals surface area contributed by atoms with Gasteiger partial charge in [0.25, 0.3) is 0 Å². The van der Waals surface area contributed by atoms with Crippen LogP contribution in [0.5, 0.6) is 5.75 Å². The summed E-state index contributed by atoms with van der Waals surface area (Å²) >= 11 is 0. The molecule has 220 valence electrons. The van der Waals surface area contributed by atoms with Gasteiger partial charge in [0.2, 0.25) is 5.69 Å². The van der Waals surface area contributed by atoms with Crippen molar-refractivity contribution in [2.45, 2.75) is 37.4 Å². The number of phenolic OH excluding ortho intramolecular Hbond substituents is 1. The maximum Gasteiger partial charge on any atom is 0.239 e. The molecule has 2 fully saturated rings. The fourth-order valence-electron chi connectivity index (χ4n) is 6.50. The van der Waals surface area contributed by atoms with Crippen molar-refractivity contribution >= 4 is 38.9 Å². The minimum atomic E-state index is -0.592. The van der Waals surface area contributed by atoms with Gasteiger partial charge in [0.15, 0.2) is 0 Å². The van der Waals surface area contributed by atoms with Gasteiger partial charge >= 0.3 is 0 Å². The summed E-state index contributed by atoms with van der Waals surface area (Å²) in [4.78, 5) is 14.9. The Kier molecular flexibility index (Phi) is 7.53. The van der Waals surface area contributed by atoms with E-state index < -0.39 is 5.82 Å². The molecular weight excluding hydrogens is 545 g/mol. The van der Waals surface area contributed by atoms with E-state index in [0.717, 1.165) is 10.8 Å². The first-order valence-corrected chi connectivity index (χ1v) is 14.5. The number of aromatic nitrogens is 1. The van der Waals surface area contributed by atoms with Crippen molar-refractivity contribution in [2.75, 3.05) is 50.1 Å². The number of aliphatic hydroxyl groups excluding tert-OH is 1. The molecule has 4 N–H and O–H groups in total. The summed E-state index contributed by atoms with van der Waals surface area (Å²) < 4.78 is 17.4. The van der Waals surface area contributed by atoms with Crippen LogP contribution in [0.25, 0.3) is 37.5 Å². The number of nitrogens with two attached hydrogens (primary N) is 1. The Hall–Kier alpha value is -4.48. The number of hydrogen-bond acceptors (Lipinski definition) is 8. The second kappa shape index (κ2) is 11.3. The number of fused-ring (bicyclic) bond motifs is 2. The molecule has 2 aliphatic rings. The van der Waals surface area contributed by atoms with Gasteiger partial charge < -0.3 is 30.6 Å². The molecule has 0 amide bonds. The van der Waals surface area contributed by atoms with E-state index in [9.17, 15) is 15.5 Å². The quantitative estimate of drug-likeness (QED) is 0.273. The molecule has 0 unspecified atom stereocenters. The zero-order chi connectivity index (χ0) is 30.4. The van der Waals surface area contributed by atoms with Gasteiger partial charge in [-0.2, -0.15) is 5.26 Å². The number of nitrogens with zero attached hydrogens (tertiary/aromatic N) is 6. The van der Waals surface area contributed by atoms with E-state index in [-0.39, 0.29) is 60.0 Å². The third-order valence-corrected chi connectivity index (χ3v) is 8.80. The van der Waals surface area contributed by atoms with E-state index in [1.165, 1.54) is 0 Å². The van der Waals surface area contributed by atoms with Crippen LogP contribution in [0.3, 0.4) is 0 Å². The monoisotopic (exact) mass is 579 g/mol. The number of halogens is 1. The van der Waals surface area contributed by atoms with Crippen molar-refractivity contribution in [3.05, 3.63) is 65.3 Å². The highest BCUT2D eigenvalue weighted by molar-refractivity contribution is 6.10. The molecule has 0 saturated carbocycles. The van der Waals surface area contributed by atoms with Gasteiger partial charge in [-0.05, 0) is 67.0 Å².